The Kier molecular flexibility index (Phi) is 2.86. The van der Waals surface area contributed by atoms with Gasteiger partial charge in [0.2, 0.25) is 5.88 Å². The van der Waals surface area contributed by atoms with Crippen molar-refractivity contribution >= 4 is 5.69 Å². The van der Waals surface area contributed by atoms with E-state index in [1.807, 2.05) is 0 Å². The fourth-order valence-electron chi connectivity index (χ4n) is 1.16. The van der Waals surface area contributed by atoms with E-state index in [1.54, 1.807) is 0 Å². The molecular weight excluding hydrogens is 233 g/mol. The molecule has 2 aromatic rings. The molecule has 0 unspecified atom stereocenters. The number of hydrogen-bond acceptors (Lipinski definition) is 3. The number of halogens is 3. The molecule has 0 bridgehead atoms. The van der Waals surface area contributed by atoms with Crippen molar-refractivity contribution in [2.75, 3.05) is 5.73 Å². The first-order chi connectivity index (χ1) is 8.06. The van der Waals surface area contributed by atoms with Gasteiger partial charge in [-0.05, 0) is 6.07 Å². The van der Waals surface area contributed by atoms with Crippen LogP contribution in [-0.4, -0.2) is 4.98 Å². The SMILES string of the molecule is Nc1cc(F)c(Oc2ccc(F)cn2)cc1F. The summed E-state index contributed by atoms with van der Waals surface area (Å²) >= 11 is 0. The number of anilines is 1. The minimum Gasteiger partial charge on any atom is -0.436 e. The van der Waals surface area contributed by atoms with Gasteiger partial charge in [-0.1, -0.05) is 0 Å². The van der Waals surface area contributed by atoms with E-state index >= 15 is 0 Å². The highest BCUT2D eigenvalue weighted by Crippen LogP contribution is 2.26. The lowest BCUT2D eigenvalue weighted by Gasteiger charge is -2.06. The molecule has 3 nitrogen and oxygen atoms in total. The van der Waals surface area contributed by atoms with Crippen LogP contribution in [0.15, 0.2) is 30.5 Å². The van der Waals surface area contributed by atoms with Crippen molar-refractivity contribution in [2.24, 2.45) is 0 Å². The molecule has 2 rings (SSSR count). The highest BCUT2D eigenvalue weighted by molar-refractivity contribution is 5.45. The Bertz CT molecular complexity index is 543. The molecule has 2 N–H and O–H groups in total. The summed E-state index contributed by atoms with van der Waals surface area (Å²) in [6, 6.07) is 3.89. The molecule has 0 saturated heterocycles. The topological polar surface area (TPSA) is 48.1 Å². The van der Waals surface area contributed by atoms with Crippen molar-refractivity contribution in [3.05, 3.63) is 47.9 Å². The van der Waals surface area contributed by atoms with Gasteiger partial charge in [0.05, 0.1) is 11.9 Å². The standard InChI is InChI=1S/C11H7F3N2O/c12-6-1-2-11(16-5-6)17-10-4-7(13)9(15)3-8(10)14/h1-5H,15H2. The lowest BCUT2D eigenvalue weighted by molar-refractivity contribution is 0.421. The van der Waals surface area contributed by atoms with Gasteiger partial charge in [0, 0.05) is 18.2 Å². The Morgan fingerprint density at radius 2 is 1.82 bits per heavy atom. The van der Waals surface area contributed by atoms with Crippen LogP contribution in [0.5, 0.6) is 11.6 Å². The van der Waals surface area contributed by atoms with Crippen molar-refractivity contribution < 1.29 is 17.9 Å². The third kappa shape index (κ3) is 2.47. The van der Waals surface area contributed by atoms with Crippen molar-refractivity contribution in [3.63, 3.8) is 0 Å². The normalized spacial score (nSPS) is 10.3. The molecule has 1 aromatic carbocycles. The summed E-state index contributed by atoms with van der Waals surface area (Å²) in [5.41, 5.74) is 4.85. The minimum absolute atomic E-state index is 0.0468. The van der Waals surface area contributed by atoms with Crippen LogP contribution in [0.3, 0.4) is 0 Å². The molecule has 17 heavy (non-hydrogen) atoms. The molecule has 6 heteroatoms. The van der Waals surface area contributed by atoms with E-state index in [2.05, 4.69) is 4.98 Å². The Morgan fingerprint density at radius 1 is 1.06 bits per heavy atom. The first-order valence-electron chi connectivity index (χ1n) is 4.60. The van der Waals surface area contributed by atoms with Gasteiger partial charge in [0.15, 0.2) is 11.6 Å². The molecule has 0 radical (unpaired) electrons. The van der Waals surface area contributed by atoms with Crippen molar-refractivity contribution in [1.29, 1.82) is 0 Å². The molecule has 1 heterocycles. The zero-order chi connectivity index (χ0) is 12.4. The van der Waals surface area contributed by atoms with Gasteiger partial charge in [-0.3, -0.25) is 0 Å². The Labute approximate surface area is 94.7 Å². The van der Waals surface area contributed by atoms with Gasteiger partial charge >= 0.3 is 0 Å². The third-order valence-corrected chi connectivity index (χ3v) is 1.97. The molecule has 0 aliphatic rings. The van der Waals surface area contributed by atoms with Gasteiger partial charge in [0.25, 0.3) is 0 Å². The molecule has 0 aliphatic carbocycles. The average Bonchev–Trinajstić information content (AvgIpc) is 2.29. The largest absolute Gasteiger partial charge is 0.436 e. The molecule has 0 atom stereocenters. The minimum atomic E-state index is -0.824. The summed E-state index contributed by atoms with van der Waals surface area (Å²) in [5, 5.41) is 0. The van der Waals surface area contributed by atoms with E-state index in [0.717, 1.165) is 24.4 Å². The Hall–Kier alpha value is -2.24. The molecule has 88 valence electrons. The number of hydrogen-bond donors (Lipinski definition) is 1. The lowest BCUT2D eigenvalue weighted by Crippen LogP contribution is -1.96. The molecule has 0 fully saturated rings. The highest BCUT2D eigenvalue weighted by Gasteiger charge is 2.10. The van der Waals surface area contributed by atoms with Crippen molar-refractivity contribution in [3.8, 4) is 11.6 Å². The summed E-state index contributed by atoms with van der Waals surface area (Å²) < 4.78 is 43.9. The second kappa shape index (κ2) is 4.32. The first-order valence-corrected chi connectivity index (χ1v) is 4.60. The number of ether oxygens (including phenoxy) is 1. The second-order valence-corrected chi connectivity index (χ2v) is 3.22. The molecule has 1 aromatic heterocycles. The summed E-state index contributed by atoms with van der Waals surface area (Å²) in [6.45, 7) is 0. The molecule has 0 saturated carbocycles. The van der Waals surface area contributed by atoms with Gasteiger partial charge in [-0.25, -0.2) is 18.2 Å². The van der Waals surface area contributed by atoms with Crippen molar-refractivity contribution in [2.45, 2.75) is 0 Å². The van der Waals surface area contributed by atoms with Crippen LogP contribution in [0.1, 0.15) is 0 Å². The van der Waals surface area contributed by atoms with Crippen LogP contribution in [0.25, 0.3) is 0 Å². The second-order valence-electron chi connectivity index (χ2n) is 3.22. The quantitative estimate of drug-likeness (QED) is 0.821. The number of nitrogen functional groups attached to an aromatic ring is 1. The molecular formula is C11H7F3N2O. The molecule has 0 aliphatic heterocycles. The van der Waals surface area contributed by atoms with E-state index in [1.165, 1.54) is 6.07 Å². The number of aromatic nitrogens is 1. The van der Waals surface area contributed by atoms with E-state index in [4.69, 9.17) is 10.5 Å². The number of rotatable bonds is 2. The fourth-order valence-corrected chi connectivity index (χ4v) is 1.16. The average molecular weight is 240 g/mol. The molecule has 0 spiro atoms. The summed E-state index contributed by atoms with van der Waals surface area (Å²) in [4.78, 5) is 3.55. The predicted molar refractivity (Wildman–Crippen MR) is 55.0 cm³/mol. The molecule has 0 amide bonds. The fraction of sp³-hybridized carbons (Fsp3) is 0. The maximum absolute atomic E-state index is 13.3. The van der Waals surface area contributed by atoms with E-state index in [0.29, 0.717) is 0 Å². The number of nitrogens with zero attached hydrogens (tertiary/aromatic N) is 1. The van der Waals surface area contributed by atoms with Crippen LogP contribution in [0.2, 0.25) is 0 Å². The van der Waals surface area contributed by atoms with Crippen LogP contribution >= 0.6 is 0 Å². The van der Waals surface area contributed by atoms with E-state index < -0.39 is 17.5 Å². The van der Waals surface area contributed by atoms with Crippen LogP contribution in [0, 0.1) is 17.5 Å². The third-order valence-electron chi connectivity index (χ3n) is 1.97. The maximum Gasteiger partial charge on any atom is 0.219 e. The highest BCUT2D eigenvalue weighted by atomic mass is 19.1. The van der Waals surface area contributed by atoms with Crippen LogP contribution in [0.4, 0.5) is 18.9 Å². The zero-order valence-electron chi connectivity index (χ0n) is 8.45. The van der Waals surface area contributed by atoms with Crippen molar-refractivity contribution in [1.82, 2.24) is 4.98 Å². The Balaban J connectivity index is 2.30. The number of nitrogens with two attached hydrogens (primary N) is 1. The summed E-state index contributed by atoms with van der Waals surface area (Å²) in [5.74, 6) is -2.59. The van der Waals surface area contributed by atoms with Gasteiger partial charge in [0.1, 0.15) is 11.6 Å². The van der Waals surface area contributed by atoms with Crippen LogP contribution < -0.4 is 10.5 Å². The maximum atomic E-state index is 13.3. The lowest BCUT2D eigenvalue weighted by atomic mass is 10.3. The van der Waals surface area contributed by atoms with Gasteiger partial charge in [-0.15, -0.1) is 0 Å². The van der Waals surface area contributed by atoms with Gasteiger partial charge < -0.3 is 10.5 Å². The van der Waals surface area contributed by atoms with Gasteiger partial charge in [-0.2, -0.15) is 0 Å². The van der Waals surface area contributed by atoms with Crippen LogP contribution in [-0.2, 0) is 0 Å². The first kappa shape index (κ1) is 11.3. The number of pyridine rings is 1. The number of benzene rings is 1. The zero-order valence-corrected chi connectivity index (χ0v) is 8.45. The predicted octanol–water partition coefficient (Wildman–Crippen LogP) is 2.87. The smallest absolute Gasteiger partial charge is 0.219 e. The summed E-state index contributed by atoms with van der Waals surface area (Å²) in [6.07, 6.45) is 0.904. The van der Waals surface area contributed by atoms with E-state index in [-0.39, 0.29) is 17.3 Å². The summed E-state index contributed by atoms with van der Waals surface area (Å²) in [7, 11) is 0. The monoisotopic (exact) mass is 240 g/mol. The van der Waals surface area contributed by atoms with E-state index in [9.17, 15) is 13.2 Å². The Morgan fingerprint density at radius 3 is 2.47 bits per heavy atom.